The maximum absolute atomic E-state index is 12.8. The lowest BCUT2D eigenvalue weighted by atomic mass is 10.0. The van der Waals surface area contributed by atoms with E-state index in [1.165, 1.54) is 10.9 Å². The minimum absolute atomic E-state index is 0.0899. The molecule has 0 spiro atoms. The molecule has 0 fully saturated rings. The standard InChI is InChI=1S/C23H20N4O4/c28-22(27-10-9-16-15-3-1-2-4-17(15)24-18(16)12-27)8-7-21-25-26-23(31-21)14-5-6-19-20(11-14)30-13-29-19/h1-6,11,24H,7-10,12-13H2. The number of ether oxygens (including phenoxy) is 2. The number of carbonyl (C=O) groups excluding carboxylic acids is 1. The van der Waals surface area contributed by atoms with Crippen LogP contribution in [0.5, 0.6) is 11.5 Å². The first kappa shape index (κ1) is 18.0. The third kappa shape index (κ3) is 3.20. The van der Waals surface area contributed by atoms with Gasteiger partial charge in [0.05, 0.1) is 6.54 Å². The Morgan fingerprint density at radius 1 is 1.10 bits per heavy atom. The van der Waals surface area contributed by atoms with Crippen molar-refractivity contribution >= 4 is 16.8 Å². The highest BCUT2D eigenvalue weighted by Gasteiger charge is 2.24. The summed E-state index contributed by atoms with van der Waals surface area (Å²) in [4.78, 5) is 18.1. The van der Waals surface area contributed by atoms with Crippen molar-refractivity contribution in [3.63, 3.8) is 0 Å². The smallest absolute Gasteiger partial charge is 0.247 e. The first-order valence-electron chi connectivity index (χ1n) is 10.3. The lowest BCUT2D eigenvalue weighted by Crippen LogP contribution is -2.36. The second-order valence-electron chi connectivity index (χ2n) is 7.76. The first-order chi connectivity index (χ1) is 15.2. The summed E-state index contributed by atoms with van der Waals surface area (Å²) in [5, 5.41) is 9.47. The van der Waals surface area contributed by atoms with Gasteiger partial charge in [0.2, 0.25) is 24.5 Å². The zero-order valence-electron chi connectivity index (χ0n) is 16.8. The molecule has 2 aliphatic heterocycles. The number of nitrogens with one attached hydrogen (secondary N) is 1. The molecule has 0 unspecified atom stereocenters. The summed E-state index contributed by atoms with van der Waals surface area (Å²) in [5.41, 5.74) is 4.34. The fourth-order valence-electron chi connectivity index (χ4n) is 4.28. The van der Waals surface area contributed by atoms with Crippen molar-refractivity contribution in [2.24, 2.45) is 0 Å². The monoisotopic (exact) mass is 416 g/mol. The lowest BCUT2D eigenvalue weighted by Gasteiger charge is -2.27. The molecule has 8 heteroatoms. The minimum atomic E-state index is 0.0899. The average molecular weight is 416 g/mol. The van der Waals surface area contributed by atoms with Crippen LogP contribution in [-0.2, 0) is 24.2 Å². The van der Waals surface area contributed by atoms with Crippen LogP contribution in [-0.4, -0.2) is 39.3 Å². The van der Waals surface area contributed by atoms with E-state index in [4.69, 9.17) is 13.9 Å². The van der Waals surface area contributed by atoms with Gasteiger partial charge in [-0.1, -0.05) is 18.2 Å². The number of benzene rings is 2. The highest BCUT2D eigenvalue weighted by atomic mass is 16.7. The number of aromatic nitrogens is 3. The second kappa shape index (κ2) is 7.16. The molecular formula is C23H20N4O4. The van der Waals surface area contributed by atoms with Gasteiger partial charge < -0.3 is 23.8 Å². The minimum Gasteiger partial charge on any atom is -0.454 e. The molecule has 2 aromatic carbocycles. The zero-order valence-corrected chi connectivity index (χ0v) is 16.8. The SMILES string of the molecule is O=C(CCc1nnc(-c2ccc3c(c2)OCO3)o1)N1CCc2c([nH]c3ccccc23)C1. The van der Waals surface area contributed by atoms with E-state index in [2.05, 4.69) is 33.4 Å². The molecule has 0 aliphatic carbocycles. The van der Waals surface area contributed by atoms with Crippen molar-refractivity contribution in [2.75, 3.05) is 13.3 Å². The Labute approximate surface area is 177 Å². The molecule has 2 aromatic heterocycles. The molecule has 0 saturated carbocycles. The Hall–Kier alpha value is -3.81. The molecule has 0 bridgehead atoms. The predicted molar refractivity (Wildman–Crippen MR) is 112 cm³/mol. The van der Waals surface area contributed by atoms with Gasteiger partial charge in [-0.2, -0.15) is 0 Å². The Kier molecular flexibility index (Phi) is 4.15. The number of hydrogen-bond donors (Lipinski definition) is 1. The number of carbonyl (C=O) groups is 1. The highest BCUT2D eigenvalue weighted by molar-refractivity contribution is 5.85. The summed E-state index contributed by atoms with van der Waals surface area (Å²) >= 11 is 0. The first-order valence-corrected chi connectivity index (χ1v) is 10.3. The van der Waals surface area contributed by atoms with Crippen molar-refractivity contribution in [1.29, 1.82) is 0 Å². The van der Waals surface area contributed by atoms with Crippen LogP contribution in [0.3, 0.4) is 0 Å². The largest absolute Gasteiger partial charge is 0.454 e. The van der Waals surface area contributed by atoms with Gasteiger partial charge in [-0.05, 0) is 36.2 Å². The molecule has 156 valence electrons. The molecule has 4 aromatic rings. The van der Waals surface area contributed by atoms with Crippen LogP contribution in [0, 0.1) is 0 Å². The quantitative estimate of drug-likeness (QED) is 0.548. The van der Waals surface area contributed by atoms with Crippen LogP contribution < -0.4 is 9.47 Å². The Bertz CT molecular complexity index is 1290. The van der Waals surface area contributed by atoms with E-state index in [0.29, 0.717) is 42.7 Å². The van der Waals surface area contributed by atoms with Gasteiger partial charge in [-0.3, -0.25) is 4.79 Å². The number of para-hydroxylation sites is 1. The number of fused-ring (bicyclic) bond motifs is 4. The summed E-state index contributed by atoms with van der Waals surface area (Å²) in [6.45, 7) is 1.54. The third-order valence-corrected chi connectivity index (χ3v) is 5.87. The fourth-order valence-corrected chi connectivity index (χ4v) is 4.28. The molecule has 0 saturated heterocycles. The van der Waals surface area contributed by atoms with E-state index in [0.717, 1.165) is 29.7 Å². The van der Waals surface area contributed by atoms with Gasteiger partial charge in [0, 0.05) is 41.5 Å². The van der Waals surface area contributed by atoms with Crippen LogP contribution >= 0.6 is 0 Å². The summed E-state index contributed by atoms with van der Waals surface area (Å²) in [6.07, 6.45) is 1.60. The number of hydrogen-bond acceptors (Lipinski definition) is 6. The predicted octanol–water partition coefficient (Wildman–Crippen LogP) is 3.46. The number of aryl methyl sites for hydroxylation is 1. The fraction of sp³-hybridized carbons (Fsp3) is 0.261. The van der Waals surface area contributed by atoms with E-state index in [1.807, 2.05) is 29.2 Å². The molecule has 1 amide bonds. The second-order valence-corrected chi connectivity index (χ2v) is 7.76. The molecule has 4 heterocycles. The van der Waals surface area contributed by atoms with Crippen LogP contribution in [0.1, 0.15) is 23.6 Å². The van der Waals surface area contributed by atoms with E-state index in [9.17, 15) is 4.79 Å². The summed E-state index contributed by atoms with van der Waals surface area (Å²) in [7, 11) is 0. The van der Waals surface area contributed by atoms with Gasteiger partial charge in [0.1, 0.15) is 0 Å². The zero-order chi connectivity index (χ0) is 20.8. The normalized spacial score (nSPS) is 14.8. The Morgan fingerprint density at radius 2 is 2.00 bits per heavy atom. The van der Waals surface area contributed by atoms with Gasteiger partial charge in [-0.25, -0.2) is 0 Å². The van der Waals surface area contributed by atoms with E-state index in [1.54, 1.807) is 0 Å². The number of H-pyrrole nitrogens is 1. The molecule has 1 N–H and O–H groups in total. The van der Waals surface area contributed by atoms with Crippen molar-refractivity contribution in [3.8, 4) is 23.0 Å². The van der Waals surface area contributed by atoms with Gasteiger partial charge in [-0.15, -0.1) is 10.2 Å². The molecule has 0 radical (unpaired) electrons. The lowest BCUT2D eigenvalue weighted by molar-refractivity contribution is -0.132. The molecule has 8 nitrogen and oxygen atoms in total. The van der Waals surface area contributed by atoms with Crippen molar-refractivity contribution in [3.05, 3.63) is 59.6 Å². The molecule has 6 rings (SSSR count). The molecular weight excluding hydrogens is 396 g/mol. The maximum atomic E-state index is 12.8. The van der Waals surface area contributed by atoms with Crippen LogP contribution in [0.15, 0.2) is 46.9 Å². The van der Waals surface area contributed by atoms with E-state index >= 15 is 0 Å². The Balaban J connectivity index is 1.11. The summed E-state index contributed by atoms with van der Waals surface area (Å²) in [5.74, 6) is 2.31. The van der Waals surface area contributed by atoms with Gasteiger partial charge in [0.25, 0.3) is 0 Å². The molecule has 31 heavy (non-hydrogen) atoms. The van der Waals surface area contributed by atoms with Crippen molar-refractivity contribution in [1.82, 2.24) is 20.1 Å². The summed E-state index contributed by atoms with van der Waals surface area (Å²) < 4.78 is 16.5. The topological polar surface area (TPSA) is 93.5 Å². The maximum Gasteiger partial charge on any atom is 0.247 e. The molecule has 0 atom stereocenters. The van der Waals surface area contributed by atoms with Crippen molar-refractivity contribution < 1.29 is 18.7 Å². The average Bonchev–Trinajstić information content (AvgIpc) is 3.54. The highest BCUT2D eigenvalue weighted by Crippen LogP contribution is 2.35. The van der Waals surface area contributed by atoms with E-state index < -0.39 is 0 Å². The van der Waals surface area contributed by atoms with Crippen LogP contribution in [0.25, 0.3) is 22.4 Å². The Morgan fingerprint density at radius 3 is 2.97 bits per heavy atom. The van der Waals surface area contributed by atoms with Crippen LogP contribution in [0.4, 0.5) is 0 Å². The number of rotatable bonds is 4. The molecule has 2 aliphatic rings. The number of amides is 1. The third-order valence-electron chi connectivity index (χ3n) is 5.87. The van der Waals surface area contributed by atoms with Gasteiger partial charge in [0.15, 0.2) is 11.5 Å². The number of nitrogens with zero attached hydrogens (tertiary/aromatic N) is 3. The van der Waals surface area contributed by atoms with Gasteiger partial charge >= 0.3 is 0 Å². The van der Waals surface area contributed by atoms with Crippen LogP contribution in [0.2, 0.25) is 0 Å². The number of aromatic amines is 1. The van der Waals surface area contributed by atoms with Crippen molar-refractivity contribution in [2.45, 2.75) is 25.8 Å². The summed E-state index contributed by atoms with van der Waals surface area (Å²) in [6, 6.07) is 13.8. The van der Waals surface area contributed by atoms with E-state index in [-0.39, 0.29) is 12.7 Å².